The average molecular weight is 440 g/mol. The predicted molar refractivity (Wildman–Crippen MR) is 117 cm³/mol. The molecular formula is C19H27Cl2N7O. The van der Waals surface area contributed by atoms with Gasteiger partial charge in [0.2, 0.25) is 0 Å². The van der Waals surface area contributed by atoms with E-state index in [1.807, 2.05) is 30.6 Å². The fraction of sp³-hybridized carbons (Fsp3) is 0.474. The Kier molecular flexibility index (Phi) is 8.43. The molecule has 1 aliphatic rings. The normalized spacial score (nSPS) is 16.1. The summed E-state index contributed by atoms with van der Waals surface area (Å²) in [5, 5.41) is 11.6. The summed E-state index contributed by atoms with van der Waals surface area (Å²) in [4.78, 5) is 18.7. The predicted octanol–water partition coefficient (Wildman–Crippen LogP) is 2.24. The van der Waals surface area contributed by atoms with Gasteiger partial charge < -0.3 is 14.8 Å². The number of piperidine rings is 1. The monoisotopic (exact) mass is 439 g/mol. The number of para-hydroxylation sites is 2. The van der Waals surface area contributed by atoms with E-state index >= 15 is 0 Å². The highest BCUT2D eigenvalue weighted by molar-refractivity contribution is 5.91. The molecule has 8 nitrogen and oxygen atoms in total. The van der Waals surface area contributed by atoms with E-state index in [4.69, 9.17) is 0 Å². The van der Waals surface area contributed by atoms with Crippen LogP contribution in [-0.4, -0.2) is 62.0 Å². The molecule has 2 aromatic heterocycles. The van der Waals surface area contributed by atoms with Crippen LogP contribution in [-0.2, 0) is 13.1 Å². The van der Waals surface area contributed by atoms with Crippen LogP contribution >= 0.6 is 24.8 Å². The molecule has 1 N–H and O–H groups in total. The van der Waals surface area contributed by atoms with Crippen LogP contribution in [0.15, 0.2) is 36.8 Å². The van der Waals surface area contributed by atoms with Crippen LogP contribution in [0, 0.1) is 5.92 Å². The molecule has 158 valence electrons. The Hall–Kier alpha value is -2.16. The van der Waals surface area contributed by atoms with Crippen LogP contribution in [0.1, 0.15) is 23.3 Å². The minimum atomic E-state index is -0.104. The molecule has 1 unspecified atom stereocenters. The third-order valence-corrected chi connectivity index (χ3v) is 5.15. The van der Waals surface area contributed by atoms with Crippen molar-refractivity contribution in [3.05, 3.63) is 42.5 Å². The van der Waals surface area contributed by atoms with Gasteiger partial charge in [0.15, 0.2) is 5.69 Å². The zero-order chi connectivity index (χ0) is 18.6. The number of imidazole rings is 1. The molecule has 1 aliphatic heterocycles. The lowest BCUT2D eigenvalue weighted by Crippen LogP contribution is -2.32. The van der Waals surface area contributed by atoms with Crippen molar-refractivity contribution < 1.29 is 4.79 Å². The summed E-state index contributed by atoms with van der Waals surface area (Å²) in [5.74, 6) is 0.447. The van der Waals surface area contributed by atoms with Crippen molar-refractivity contribution in [2.75, 3.05) is 26.7 Å². The van der Waals surface area contributed by atoms with Gasteiger partial charge in [-0.05, 0) is 44.0 Å². The molecular weight excluding hydrogens is 413 g/mol. The number of nitrogens with zero attached hydrogens (tertiary/aromatic N) is 6. The Balaban J connectivity index is 0.00000150. The Morgan fingerprint density at radius 2 is 2.14 bits per heavy atom. The molecule has 0 saturated carbocycles. The average Bonchev–Trinajstić information content (AvgIpc) is 3.33. The second-order valence-corrected chi connectivity index (χ2v) is 7.19. The van der Waals surface area contributed by atoms with E-state index in [0.29, 0.717) is 24.7 Å². The zero-order valence-electron chi connectivity index (χ0n) is 16.4. The minimum Gasteiger partial charge on any atom is -0.338 e. The first-order valence-corrected chi connectivity index (χ1v) is 9.47. The quantitative estimate of drug-likeness (QED) is 0.636. The molecule has 0 aliphatic carbocycles. The van der Waals surface area contributed by atoms with Crippen LogP contribution in [0.25, 0.3) is 11.0 Å². The van der Waals surface area contributed by atoms with Gasteiger partial charge in [0, 0.05) is 26.7 Å². The summed E-state index contributed by atoms with van der Waals surface area (Å²) in [6.45, 7) is 4.16. The van der Waals surface area contributed by atoms with Gasteiger partial charge in [0.1, 0.15) is 0 Å². The fourth-order valence-electron chi connectivity index (χ4n) is 3.57. The highest BCUT2D eigenvalue weighted by Gasteiger charge is 2.18. The summed E-state index contributed by atoms with van der Waals surface area (Å²) in [6, 6.07) is 7.99. The molecule has 1 amide bonds. The lowest BCUT2D eigenvalue weighted by Gasteiger charge is -2.22. The van der Waals surface area contributed by atoms with Crippen LogP contribution in [0.5, 0.6) is 0 Å². The van der Waals surface area contributed by atoms with Gasteiger partial charge >= 0.3 is 0 Å². The standard InChI is InChI=1S/C19H25N7O.2ClH/c1-24(9-10-25-14-21-16-6-2-3-7-18(16)25)19(27)17-13-26(23-22-17)12-15-5-4-8-20-11-15;;/h2-3,6-7,13-15,20H,4-5,8-12H2,1H3;2*1H. The van der Waals surface area contributed by atoms with Crippen molar-refractivity contribution in [2.45, 2.75) is 25.9 Å². The molecule has 29 heavy (non-hydrogen) atoms. The van der Waals surface area contributed by atoms with E-state index in [-0.39, 0.29) is 30.7 Å². The van der Waals surface area contributed by atoms with Crippen LogP contribution < -0.4 is 5.32 Å². The Morgan fingerprint density at radius 3 is 2.93 bits per heavy atom. The highest BCUT2D eigenvalue weighted by Crippen LogP contribution is 2.13. The molecule has 1 fully saturated rings. The number of nitrogens with one attached hydrogen (secondary N) is 1. The number of fused-ring (bicyclic) bond motifs is 1. The maximum Gasteiger partial charge on any atom is 0.275 e. The molecule has 4 rings (SSSR count). The minimum absolute atomic E-state index is 0. The molecule has 3 aromatic rings. The van der Waals surface area contributed by atoms with Gasteiger partial charge in [-0.1, -0.05) is 17.3 Å². The van der Waals surface area contributed by atoms with E-state index in [9.17, 15) is 4.79 Å². The van der Waals surface area contributed by atoms with Crippen molar-refractivity contribution >= 4 is 41.8 Å². The summed E-state index contributed by atoms with van der Waals surface area (Å²) >= 11 is 0. The number of benzene rings is 1. The van der Waals surface area contributed by atoms with E-state index in [2.05, 4.69) is 25.2 Å². The van der Waals surface area contributed by atoms with Crippen LogP contribution in [0.2, 0.25) is 0 Å². The summed E-state index contributed by atoms with van der Waals surface area (Å²) in [6.07, 6.45) is 5.96. The molecule has 0 bridgehead atoms. The number of hydrogen-bond acceptors (Lipinski definition) is 5. The Morgan fingerprint density at radius 1 is 1.31 bits per heavy atom. The fourth-order valence-corrected chi connectivity index (χ4v) is 3.57. The summed E-state index contributed by atoms with van der Waals surface area (Å²) < 4.78 is 3.86. The van der Waals surface area contributed by atoms with Gasteiger partial charge in [-0.3, -0.25) is 9.48 Å². The van der Waals surface area contributed by atoms with E-state index in [0.717, 1.165) is 30.7 Å². The van der Waals surface area contributed by atoms with Gasteiger partial charge in [-0.15, -0.1) is 29.9 Å². The zero-order valence-corrected chi connectivity index (χ0v) is 18.0. The van der Waals surface area contributed by atoms with Crippen molar-refractivity contribution in [1.29, 1.82) is 0 Å². The first-order chi connectivity index (χ1) is 13.2. The third-order valence-electron chi connectivity index (χ3n) is 5.15. The lowest BCUT2D eigenvalue weighted by molar-refractivity contribution is 0.0785. The molecule has 0 spiro atoms. The van der Waals surface area contributed by atoms with E-state index in [1.54, 1.807) is 22.8 Å². The molecule has 1 saturated heterocycles. The number of likely N-dealkylation sites (N-methyl/N-ethyl adjacent to an activating group) is 1. The SMILES string of the molecule is CN(CCn1cnc2ccccc21)C(=O)c1cn(CC2CCCNC2)nn1.Cl.Cl. The van der Waals surface area contributed by atoms with Gasteiger partial charge in [0.05, 0.1) is 23.6 Å². The van der Waals surface area contributed by atoms with Crippen molar-refractivity contribution in [3.63, 3.8) is 0 Å². The first kappa shape index (κ1) is 23.1. The van der Waals surface area contributed by atoms with Crippen LogP contribution in [0.4, 0.5) is 0 Å². The molecule has 0 radical (unpaired) electrons. The van der Waals surface area contributed by atoms with Gasteiger partial charge in [-0.25, -0.2) is 4.98 Å². The Labute approximate surface area is 182 Å². The van der Waals surface area contributed by atoms with E-state index < -0.39 is 0 Å². The molecule has 1 atom stereocenters. The number of halogens is 2. The van der Waals surface area contributed by atoms with Crippen molar-refractivity contribution in [1.82, 2.24) is 34.8 Å². The first-order valence-electron chi connectivity index (χ1n) is 9.47. The van der Waals surface area contributed by atoms with Crippen molar-refractivity contribution in [3.8, 4) is 0 Å². The number of hydrogen-bond donors (Lipinski definition) is 1. The van der Waals surface area contributed by atoms with Crippen LogP contribution in [0.3, 0.4) is 0 Å². The molecule has 3 heterocycles. The number of carbonyl (C=O) groups is 1. The number of carbonyl (C=O) groups excluding carboxylic acids is 1. The summed E-state index contributed by atoms with van der Waals surface area (Å²) in [7, 11) is 1.80. The third kappa shape index (κ3) is 5.46. The number of aromatic nitrogens is 5. The Bertz CT molecular complexity index is 920. The van der Waals surface area contributed by atoms with Gasteiger partial charge in [0.25, 0.3) is 5.91 Å². The molecule has 1 aromatic carbocycles. The summed E-state index contributed by atoms with van der Waals surface area (Å²) in [5.41, 5.74) is 2.44. The number of rotatable bonds is 6. The van der Waals surface area contributed by atoms with Gasteiger partial charge in [-0.2, -0.15) is 0 Å². The second kappa shape index (κ2) is 10.6. The maximum absolute atomic E-state index is 12.6. The smallest absolute Gasteiger partial charge is 0.275 e. The molecule has 10 heteroatoms. The second-order valence-electron chi connectivity index (χ2n) is 7.19. The lowest BCUT2D eigenvalue weighted by atomic mass is 10.00. The maximum atomic E-state index is 12.6. The van der Waals surface area contributed by atoms with E-state index in [1.165, 1.54) is 12.8 Å². The topological polar surface area (TPSA) is 80.9 Å². The van der Waals surface area contributed by atoms with Crippen molar-refractivity contribution in [2.24, 2.45) is 5.92 Å². The number of amides is 1. The highest BCUT2D eigenvalue weighted by atomic mass is 35.5. The largest absolute Gasteiger partial charge is 0.338 e.